The van der Waals surface area contributed by atoms with E-state index in [0.717, 1.165) is 39.5 Å². The Hall–Kier alpha value is -1.33. The van der Waals surface area contributed by atoms with Crippen molar-refractivity contribution in [2.45, 2.75) is 19.8 Å². The summed E-state index contributed by atoms with van der Waals surface area (Å²) in [5.41, 5.74) is 4.58. The number of halogens is 1. The predicted molar refractivity (Wildman–Crippen MR) is 77.8 cm³/mol. The van der Waals surface area contributed by atoms with Crippen LogP contribution >= 0.6 is 15.9 Å². The smallest absolute Gasteiger partial charge is 0.145 e. The summed E-state index contributed by atoms with van der Waals surface area (Å²) < 4.78 is 6.34. The number of ether oxygens (including phenoxy) is 1. The minimum atomic E-state index is 0.709. The normalized spacial score (nSPS) is 10.7. The highest BCUT2D eigenvalue weighted by atomic mass is 79.9. The molecule has 0 saturated carbocycles. The minimum Gasteiger partial charge on any atom is -0.494 e. The van der Waals surface area contributed by atoms with Crippen LogP contribution in [0.2, 0.25) is 0 Å². The zero-order valence-electron chi connectivity index (χ0n) is 10.5. The molecule has 1 heterocycles. The lowest BCUT2D eigenvalue weighted by molar-refractivity contribution is 0.419. The number of nitrogens with zero attached hydrogens (tertiary/aromatic N) is 1. The first-order valence-corrected chi connectivity index (χ1v) is 6.63. The number of hydrogen-bond acceptors (Lipinski definition) is 4. The van der Waals surface area contributed by atoms with Crippen LogP contribution in [0, 0.1) is 0 Å². The van der Waals surface area contributed by atoms with Crippen molar-refractivity contribution in [1.29, 1.82) is 0 Å². The summed E-state index contributed by atoms with van der Waals surface area (Å²) in [6.07, 6.45) is 1.98. The second-order valence-electron chi connectivity index (χ2n) is 4.04. The first kappa shape index (κ1) is 13.1. The van der Waals surface area contributed by atoms with E-state index in [1.807, 2.05) is 12.1 Å². The number of benzene rings is 1. The summed E-state index contributed by atoms with van der Waals surface area (Å²) in [6.45, 7) is 2.13. The van der Waals surface area contributed by atoms with Crippen LogP contribution in [0.3, 0.4) is 0 Å². The quantitative estimate of drug-likeness (QED) is 0.672. The molecule has 2 aromatic rings. The fourth-order valence-corrected chi connectivity index (χ4v) is 2.43. The highest BCUT2D eigenvalue weighted by molar-refractivity contribution is 9.10. The SMILES string of the molecule is CCCc1cc2c(Br)ccc(OC)c2nc1NN. The molecule has 0 atom stereocenters. The van der Waals surface area contributed by atoms with Gasteiger partial charge in [0.1, 0.15) is 17.1 Å². The zero-order valence-corrected chi connectivity index (χ0v) is 12.0. The third-order valence-electron chi connectivity index (χ3n) is 2.85. The van der Waals surface area contributed by atoms with Gasteiger partial charge in [-0.3, -0.25) is 0 Å². The summed E-state index contributed by atoms with van der Waals surface area (Å²) in [5.74, 6) is 6.99. The molecule has 0 unspecified atom stereocenters. The molecule has 18 heavy (non-hydrogen) atoms. The molecule has 0 spiro atoms. The van der Waals surface area contributed by atoms with Gasteiger partial charge in [0.05, 0.1) is 7.11 Å². The van der Waals surface area contributed by atoms with Gasteiger partial charge >= 0.3 is 0 Å². The summed E-state index contributed by atoms with van der Waals surface area (Å²) >= 11 is 3.54. The van der Waals surface area contributed by atoms with Crippen LogP contribution in [0.25, 0.3) is 10.9 Å². The lowest BCUT2D eigenvalue weighted by atomic mass is 10.1. The lowest BCUT2D eigenvalue weighted by Gasteiger charge is -2.12. The third kappa shape index (κ3) is 2.28. The van der Waals surface area contributed by atoms with Crippen LogP contribution < -0.4 is 16.0 Å². The maximum atomic E-state index is 5.54. The average Bonchev–Trinajstić information content (AvgIpc) is 2.39. The monoisotopic (exact) mass is 309 g/mol. The van der Waals surface area contributed by atoms with Crippen molar-refractivity contribution in [1.82, 2.24) is 4.98 Å². The molecule has 0 bridgehead atoms. The summed E-state index contributed by atoms with van der Waals surface area (Å²) in [7, 11) is 1.64. The number of nitrogens with two attached hydrogens (primary N) is 1. The van der Waals surface area contributed by atoms with Gasteiger partial charge in [0.25, 0.3) is 0 Å². The number of methoxy groups -OCH3 is 1. The van der Waals surface area contributed by atoms with Gasteiger partial charge in [-0.15, -0.1) is 0 Å². The fourth-order valence-electron chi connectivity index (χ4n) is 1.99. The molecule has 0 aliphatic rings. The van der Waals surface area contributed by atoms with Crippen molar-refractivity contribution in [3.8, 4) is 5.75 Å². The van der Waals surface area contributed by atoms with Crippen molar-refractivity contribution in [2.24, 2.45) is 5.84 Å². The van der Waals surface area contributed by atoms with E-state index in [9.17, 15) is 0 Å². The Morgan fingerprint density at radius 3 is 2.83 bits per heavy atom. The van der Waals surface area contributed by atoms with Gasteiger partial charge in [0, 0.05) is 9.86 Å². The van der Waals surface area contributed by atoms with Crippen molar-refractivity contribution < 1.29 is 4.74 Å². The number of hydrogen-bond donors (Lipinski definition) is 2. The molecule has 3 N–H and O–H groups in total. The number of pyridine rings is 1. The number of nitrogens with one attached hydrogen (secondary N) is 1. The van der Waals surface area contributed by atoms with Gasteiger partial charge in [0.2, 0.25) is 0 Å². The molecule has 0 saturated heterocycles. The molecule has 0 amide bonds. The molecule has 0 fully saturated rings. The Morgan fingerprint density at radius 2 is 2.22 bits per heavy atom. The standard InChI is InChI=1S/C13H16BrN3O/c1-3-4-8-7-9-10(14)5-6-11(18-2)12(9)16-13(8)17-15/h5-7H,3-4,15H2,1-2H3,(H,16,17). The van der Waals surface area contributed by atoms with E-state index in [0.29, 0.717) is 5.82 Å². The summed E-state index contributed by atoms with van der Waals surface area (Å²) in [4.78, 5) is 4.55. The van der Waals surface area contributed by atoms with E-state index in [1.54, 1.807) is 7.11 Å². The molecule has 4 nitrogen and oxygen atoms in total. The first-order valence-electron chi connectivity index (χ1n) is 5.84. The second-order valence-corrected chi connectivity index (χ2v) is 4.89. The molecule has 0 radical (unpaired) electrons. The topological polar surface area (TPSA) is 60.2 Å². The highest BCUT2D eigenvalue weighted by Crippen LogP contribution is 2.33. The van der Waals surface area contributed by atoms with E-state index in [-0.39, 0.29) is 0 Å². The maximum Gasteiger partial charge on any atom is 0.145 e. The van der Waals surface area contributed by atoms with Gasteiger partial charge < -0.3 is 10.2 Å². The highest BCUT2D eigenvalue weighted by Gasteiger charge is 2.11. The fraction of sp³-hybridized carbons (Fsp3) is 0.308. The molecule has 5 heteroatoms. The second kappa shape index (κ2) is 5.54. The van der Waals surface area contributed by atoms with Crippen molar-refractivity contribution >= 4 is 32.7 Å². The molecule has 96 valence electrons. The summed E-state index contributed by atoms with van der Waals surface area (Å²) in [5, 5.41) is 1.04. The van der Waals surface area contributed by atoms with Crippen molar-refractivity contribution in [3.05, 3.63) is 28.2 Å². The molecular weight excluding hydrogens is 294 g/mol. The Bertz CT molecular complexity index is 572. The Kier molecular flexibility index (Phi) is 4.04. The van der Waals surface area contributed by atoms with E-state index < -0.39 is 0 Å². The van der Waals surface area contributed by atoms with E-state index >= 15 is 0 Å². The Morgan fingerprint density at radius 1 is 1.44 bits per heavy atom. The molecular formula is C13H16BrN3O. The van der Waals surface area contributed by atoms with Gasteiger partial charge in [-0.2, -0.15) is 0 Å². The zero-order chi connectivity index (χ0) is 13.1. The minimum absolute atomic E-state index is 0.709. The van der Waals surface area contributed by atoms with Crippen LogP contribution in [0.5, 0.6) is 5.75 Å². The van der Waals surface area contributed by atoms with Crippen LogP contribution in [-0.2, 0) is 6.42 Å². The summed E-state index contributed by atoms with van der Waals surface area (Å²) in [6, 6.07) is 5.96. The van der Waals surface area contributed by atoms with Crippen LogP contribution in [0.4, 0.5) is 5.82 Å². The number of fused-ring (bicyclic) bond motifs is 1. The van der Waals surface area contributed by atoms with Gasteiger partial charge in [-0.05, 0) is 30.2 Å². The molecule has 1 aromatic carbocycles. The molecule has 0 aliphatic heterocycles. The number of anilines is 1. The Labute approximate surface area is 115 Å². The largest absolute Gasteiger partial charge is 0.494 e. The Balaban J connectivity index is 2.73. The first-order chi connectivity index (χ1) is 8.71. The number of rotatable bonds is 4. The maximum absolute atomic E-state index is 5.54. The van der Waals surface area contributed by atoms with E-state index in [2.05, 4.69) is 39.3 Å². The van der Waals surface area contributed by atoms with Crippen molar-refractivity contribution in [3.63, 3.8) is 0 Å². The number of aromatic nitrogens is 1. The van der Waals surface area contributed by atoms with E-state index in [1.165, 1.54) is 0 Å². The van der Waals surface area contributed by atoms with Gasteiger partial charge in [0.15, 0.2) is 0 Å². The van der Waals surface area contributed by atoms with E-state index in [4.69, 9.17) is 10.6 Å². The number of nitrogen functional groups attached to an aromatic ring is 1. The predicted octanol–water partition coefficient (Wildman–Crippen LogP) is 3.24. The van der Waals surface area contributed by atoms with Crippen LogP contribution in [0.15, 0.2) is 22.7 Å². The van der Waals surface area contributed by atoms with Gasteiger partial charge in [-0.25, -0.2) is 10.8 Å². The molecule has 0 aliphatic carbocycles. The van der Waals surface area contributed by atoms with Crippen LogP contribution in [0.1, 0.15) is 18.9 Å². The van der Waals surface area contributed by atoms with Crippen molar-refractivity contribution in [2.75, 3.05) is 12.5 Å². The van der Waals surface area contributed by atoms with Gasteiger partial charge in [-0.1, -0.05) is 29.3 Å². The molecule has 1 aromatic heterocycles. The lowest BCUT2D eigenvalue weighted by Crippen LogP contribution is -2.11. The average molecular weight is 310 g/mol. The number of hydrazine groups is 1. The molecule has 2 rings (SSSR count). The third-order valence-corrected chi connectivity index (χ3v) is 3.54. The number of aryl methyl sites for hydroxylation is 1. The van der Waals surface area contributed by atoms with Crippen LogP contribution in [-0.4, -0.2) is 12.1 Å².